The molecule has 3 atom stereocenters. The maximum Gasteiger partial charge on any atom is 0.336 e. The lowest BCUT2D eigenvalue weighted by Gasteiger charge is -2.32. The second-order valence-electron chi connectivity index (χ2n) is 10.0. The molecule has 0 radical (unpaired) electrons. The van der Waals surface area contributed by atoms with Gasteiger partial charge in [-0.05, 0) is 56.7 Å². The number of rotatable bonds is 14. The van der Waals surface area contributed by atoms with E-state index < -0.39 is 29.5 Å². The highest BCUT2D eigenvalue weighted by atomic mass is 16.5. The molecule has 0 spiro atoms. The van der Waals surface area contributed by atoms with Crippen LogP contribution in [-0.4, -0.2) is 40.7 Å². The molecule has 0 aliphatic heterocycles. The van der Waals surface area contributed by atoms with Crippen molar-refractivity contribution in [2.75, 3.05) is 6.61 Å². The maximum absolute atomic E-state index is 11.7. The summed E-state index contributed by atoms with van der Waals surface area (Å²) >= 11 is 0. The van der Waals surface area contributed by atoms with Crippen molar-refractivity contribution in [2.45, 2.75) is 83.2 Å². The number of aliphatic hydroxyl groups is 2. The third-order valence-electron chi connectivity index (χ3n) is 6.43. The molecule has 0 fully saturated rings. The summed E-state index contributed by atoms with van der Waals surface area (Å²) in [6.45, 7) is 9.11. The van der Waals surface area contributed by atoms with Crippen molar-refractivity contribution in [2.24, 2.45) is 0 Å². The SMILES string of the molecule is C=C[C@H](O)C#CC#C[C@H](/C=C\CCCCCCC)OC(C)(C)[C@H](O)COc1c2ccoc2cc2oc(=O)ccc12. The van der Waals surface area contributed by atoms with Gasteiger partial charge in [-0.1, -0.05) is 63.2 Å². The molecule has 0 saturated heterocycles. The summed E-state index contributed by atoms with van der Waals surface area (Å²) in [6.07, 6.45) is 10.9. The highest BCUT2D eigenvalue weighted by Gasteiger charge is 2.32. The van der Waals surface area contributed by atoms with E-state index in [1.807, 2.05) is 12.2 Å². The fraction of sp³-hybridized carbons (Fsp3) is 0.424. The van der Waals surface area contributed by atoms with Crippen molar-refractivity contribution in [1.82, 2.24) is 0 Å². The first-order valence-electron chi connectivity index (χ1n) is 13.7. The Balaban J connectivity index is 1.73. The molecule has 3 aromatic rings. The Morgan fingerprint density at radius 1 is 1.05 bits per heavy atom. The zero-order valence-corrected chi connectivity index (χ0v) is 23.4. The lowest BCUT2D eigenvalue weighted by Crippen LogP contribution is -2.44. The normalized spacial score (nSPS) is 13.8. The average Bonchev–Trinajstić information content (AvgIpc) is 3.40. The van der Waals surface area contributed by atoms with Crippen molar-refractivity contribution in [1.29, 1.82) is 0 Å². The number of unbranched alkanes of at least 4 members (excludes halogenated alkanes) is 5. The Labute approximate surface area is 235 Å². The van der Waals surface area contributed by atoms with Crippen LogP contribution in [0.2, 0.25) is 0 Å². The van der Waals surface area contributed by atoms with E-state index in [4.69, 9.17) is 18.3 Å². The monoisotopic (exact) mass is 546 g/mol. The van der Waals surface area contributed by atoms with Crippen LogP contribution in [-0.2, 0) is 4.74 Å². The molecule has 2 aromatic heterocycles. The Morgan fingerprint density at radius 2 is 1.80 bits per heavy atom. The van der Waals surface area contributed by atoms with E-state index in [1.165, 1.54) is 44.1 Å². The van der Waals surface area contributed by atoms with Crippen LogP contribution in [0, 0.1) is 23.7 Å². The first kappa shape index (κ1) is 30.8. The van der Waals surface area contributed by atoms with Gasteiger partial charge in [0.05, 0.1) is 22.6 Å². The van der Waals surface area contributed by atoms with Gasteiger partial charge in [0.1, 0.15) is 41.8 Å². The van der Waals surface area contributed by atoms with Crippen LogP contribution >= 0.6 is 0 Å². The first-order valence-corrected chi connectivity index (χ1v) is 13.7. The fourth-order valence-electron chi connectivity index (χ4n) is 4.01. The van der Waals surface area contributed by atoms with E-state index in [1.54, 1.807) is 32.0 Å². The maximum atomic E-state index is 11.7. The van der Waals surface area contributed by atoms with Crippen molar-refractivity contribution in [3.63, 3.8) is 0 Å². The van der Waals surface area contributed by atoms with Crippen molar-refractivity contribution >= 4 is 21.9 Å². The van der Waals surface area contributed by atoms with Crippen LogP contribution in [0.25, 0.3) is 21.9 Å². The van der Waals surface area contributed by atoms with Crippen molar-refractivity contribution in [3.8, 4) is 29.4 Å². The predicted molar refractivity (Wildman–Crippen MR) is 157 cm³/mol. The summed E-state index contributed by atoms with van der Waals surface area (Å²) in [4.78, 5) is 11.7. The van der Waals surface area contributed by atoms with Gasteiger partial charge in [0.25, 0.3) is 0 Å². The summed E-state index contributed by atoms with van der Waals surface area (Å²) in [5, 5.41) is 21.9. The van der Waals surface area contributed by atoms with E-state index >= 15 is 0 Å². The molecule has 0 amide bonds. The minimum absolute atomic E-state index is 0.0991. The van der Waals surface area contributed by atoms with Crippen LogP contribution in [0.1, 0.15) is 59.3 Å². The quantitative estimate of drug-likeness (QED) is 0.112. The number of allylic oxidation sites excluding steroid dienone is 1. The molecule has 7 heteroatoms. The number of ether oxygens (including phenoxy) is 2. The number of furan rings is 1. The standard InChI is InChI=1S/C33H38O7/c1-5-7-8-9-10-11-12-16-25(17-14-13-15-24(34)6-2)40-33(3,4)30(35)23-38-32-26-18-19-31(36)39-29(26)22-28-27(32)20-21-37-28/h6,12,16,18-22,24-25,30,34-35H,2,5,7-11,23H2,1,3-4H3/b16-12-/t24-,25-,30+/m0/s1. The van der Waals surface area contributed by atoms with Gasteiger partial charge >= 0.3 is 5.63 Å². The topological polar surface area (TPSA) is 102 Å². The molecular formula is C33H38O7. The third kappa shape index (κ3) is 8.89. The molecule has 2 N–H and O–H groups in total. The van der Waals surface area contributed by atoms with E-state index in [0.29, 0.717) is 27.7 Å². The summed E-state index contributed by atoms with van der Waals surface area (Å²) in [7, 11) is 0. The minimum Gasteiger partial charge on any atom is -0.489 e. The van der Waals surface area contributed by atoms with E-state index in [-0.39, 0.29) is 6.61 Å². The number of benzene rings is 1. The van der Waals surface area contributed by atoms with Crippen LogP contribution in [0.5, 0.6) is 5.75 Å². The second kappa shape index (κ2) is 15.1. The molecule has 3 rings (SSSR count). The van der Waals surface area contributed by atoms with Crippen LogP contribution in [0.15, 0.2) is 69.0 Å². The molecule has 0 aliphatic carbocycles. The van der Waals surface area contributed by atoms with E-state index in [9.17, 15) is 15.0 Å². The average molecular weight is 547 g/mol. The van der Waals surface area contributed by atoms with Crippen molar-refractivity contribution < 1.29 is 28.5 Å². The summed E-state index contributed by atoms with van der Waals surface area (Å²) in [5.74, 6) is 11.3. The first-order chi connectivity index (χ1) is 19.2. The van der Waals surface area contributed by atoms with Gasteiger partial charge in [0, 0.05) is 12.1 Å². The Kier molecular flexibility index (Phi) is 11.7. The highest BCUT2D eigenvalue weighted by molar-refractivity contribution is 6.01. The molecule has 0 bridgehead atoms. The largest absolute Gasteiger partial charge is 0.489 e. The van der Waals surface area contributed by atoms with Crippen molar-refractivity contribution in [3.05, 3.63) is 65.8 Å². The minimum atomic E-state index is -1.05. The molecule has 212 valence electrons. The number of hydrogen-bond acceptors (Lipinski definition) is 7. The van der Waals surface area contributed by atoms with Gasteiger partial charge < -0.3 is 28.5 Å². The van der Waals surface area contributed by atoms with Gasteiger partial charge in [-0.3, -0.25) is 0 Å². The van der Waals surface area contributed by atoms with Gasteiger partial charge in [0.2, 0.25) is 0 Å². The third-order valence-corrected chi connectivity index (χ3v) is 6.43. The molecule has 2 heterocycles. The van der Waals surface area contributed by atoms with Crippen LogP contribution in [0.4, 0.5) is 0 Å². The van der Waals surface area contributed by atoms with Gasteiger partial charge in [-0.15, -0.1) is 0 Å². The Bertz CT molecular complexity index is 1470. The molecule has 0 aliphatic rings. The Morgan fingerprint density at radius 3 is 2.58 bits per heavy atom. The molecule has 0 saturated carbocycles. The van der Waals surface area contributed by atoms with Gasteiger partial charge in [0.15, 0.2) is 0 Å². The smallest absolute Gasteiger partial charge is 0.336 e. The molecule has 1 aromatic carbocycles. The zero-order valence-electron chi connectivity index (χ0n) is 23.4. The fourth-order valence-corrected chi connectivity index (χ4v) is 4.01. The van der Waals surface area contributed by atoms with Crippen LogP contribution in [0.3, 0.4) is 0 Å². The van der Waals surface area contributed by atoms with E-state index in [0.717, 1.165) is 12.8 Å². The van der Waals surface area contributed by atoms with Gasteiger partial charge in [-0.25, -0.2) is 4.79 Å². The number of hydrogen-bond donors (Lipinski definition) is 2. The number of fused-ring (bicyclic) bond motifs is 2. The number of aliphatic hydroxyl groups excluding tert-OH is 2. The molecule has 7 nitrogen and oxygen atoms in total. The lowest BCUT2D eigenvalue weighted by molar-refractivity contribution is -0.118. The zero-order chi connectivity index (χ0) is 29.0. The van der Waals surface area contributed by atoms with E-state index in [2.05, 4.69) is 37.2 Å². The van der Waals surface area contributed by atoms with Crippen LogP contribution < -0.4 is 10.4 Å². The molecule has 40 heavy (non-hydrogen) atoms. The van der Waals surface area contributed by atoms with Gasteiger partial charge in [-0.2, -0.15) is 0 Å². The molecular weight excluding hydrogens is 508 g/mol. The predicted octanol–water partition coefficient (Wildman–Crippen LogP) is 5.91. The lowest BCUT2D eigenvalue weighted by atomic mass is 10.0. The summed E-state index contributed by atoms with van der Waals surface area (Å²) in [5.41, 5.74) is -0.706. The summed E-state index contributed by atoms with van der Waals surface area (Å²) < 4.78 is 23.1. The second-order valence-corrected chi connectivity index (χ2v) is 10.0. The molecule has 0 unspecified atom stereocenters. The highest BCUT2D eigenvalue weighted by Crippen LogP contribution is 2.35. The Hall–Kier alpha value is -3.75. The summed E-state index contributed by atoms with van der Waals surface area (Å²) in [6, 6.07) is 6.34.